The van der Waals surface area contributed by atoms with E-state index in [9.17, 15) is 4.79 Å². The summed E-state index contributed by atoms with van der Waals surface area (Å²) in [5.41, 5.74) is 1.83. The zero-order valence-corrected chi connectivity index (χ0v) is 12.4. The zero-order chi connectivity index (χ0) is 14.4. The minimum atomic E-state index is -0.105. The van der Waals surface area contributed by atoms with Crippen LogP contribution < -0.4 is 10.1 Å². The van der Waals surface area contributed by atoms with E-state index >= 15 is 0 Å². The molecule has 1 aromatic heterocycles. The van der Waals surface area contributed by atoms with Gasteiger partial charge in [0.25, 0.3) is 5.91 Å². The molecule has 0 spiro atoms. The van der Waals surface area contributed by atoms with Crippen LogP contribution in [0.15, 0.2) is 24.3 Å². The third-order valence-electron chi connectivity index (χ3n) is 2.97. The Kier molecular flexibility index (Phi) is 5.06. The van der Waals surface area contributed by atoms with Crippen molar-refractivity contribution in [2.75, 3.05) is 13.7 Å². The molecule has 2 aromatic rings. The second kappa shape index (κ2) is 7.00. The molecule has 106 valence electrons. The van der Waals surface area contributed by atoms with Crippen molar-refractivity contribution < 1.29 is 9.53 Å². The lowest BCUT2D eigenvalue weighted by Gasteiger charge is -2.08. The Balaban J connectivity index is 1.91. The Morgan fingerprint density at radius 3 is 2.95 bits per heavy atom. The first-order valence-electron chi connectivity index (χ1n) is 6.47. The predicted molar refractivity (Wildman–Crippen MR) is 78.3 cm³/mol. The van der Waals surface area contributed by atoms with E-state index in [4.69, 9.17) is 4.74 Å². The van der Waals surface area contributed by atoms with Crippen LogP contribution in [0.3, 0.4) is 0 Å². The summed E-state index contributed by atoms with van der Waals surface area (Å²) in [5.74, 6) is 0.738. The summed E-state index contributed by atoms with van der Waals surface area (Å²) in [4.78, 5) is 12.6. The van der Waals surface area contributed by atoms with Gasteiger partial charge in [-0.25, -0.2) is 0 Å². The maximum atomic E-state index is 12.0. The molecule has 5 nitrogen and oxygen atoms in total. The number of methoxy groups -OCH3 is 1. The first-order valence-corrected chi connectivity index (χ1v) is 7.25. The van der Waals surface area contributed by atoms with Crippen LogP contribution in [0.1, 0.15) is 27.9 Å². The third-order valence-corrected chi connectivity index (χ3v) is 3.74. The van der Waals surface area contributed by atoms with Crippen LogP contribution in [0, 0.1) is 0 Å². The summed E-state index contributed by atoms with van der Waals surface area (Å²) in [6.07, 6.45) is 1.44. The summed E-state index contributed by atoms with van der Waals surface area (Å²) in [5, 5.41) is 6.83. The number of aromatic nitrogens is 2. The number of carbonyl (C=O) groups is 1. The summed E-state index contributed by atoms with van der Waals surface area (Å²) < 4.78 is 9.10. The van der Waals surface area contributed by atoms with E-state index in [1.54, 1.807) is 7.11 Å². The molecule has 0 fully saturated rings. The van der Waals surface area contributed by atoms with Crippen molar-refractivity contribution in [1.82, 2.24) is 14.9 Å². The van der Waals surface area contributed by atoms with Crippen LogP contribution >= 0.6 is 11.5 Å². The van der Waals surface area contributed by atoms with Crippen molar-refractivity contribution in [2.45, 2.75) is 19.8 Å². The van der Waals surface area contributed by atoms with Crippen LogP contribution in [-0.4, -0.2) is 29.1 Å². The second-order valence-electron chi connectivity index (χ2n) is 4.22. The van der Waals surface area contributed by atoms with Crippen LogP contribution in [-0.2, 0) is 12.8 Å². The van der Waals surface area contributed by atoms with Gasteiger partial charge in [-0.3, -0.25) is 4.79 Å². The number of ether oxygens (including phenoxy) is 1. The number of aryl methyl sites for hydroxylation is 1. The number of hydrogen-bond donors (Lipinski definition) is 1. The van der Waals surface area contributed by atoms with Crippen LogP contribution in [0.4, 0.5) is 0 Å². The number of rotatable bonds is 6. The number of carbonyl (C=O) groups excluding carboxylic acids is 1. The third kappa shape index (κ3) is 3.33. The maximum absolute atomic E-state index is 12.0. The van der Waals surface area contributed by atoms with Gasteiger partial charge < -0.3 is 10.1 Å². The lowest BCUT2D eigenvalue weighted by atomic mass is 10.1. The molecule has 0 unspecified atom stereocenters. The molecule has 0 radical (unpaired) electrons. The molecule has 1 aromatic carbocycles. The molecule has 0 aliphatic heterocycles. The quantitative estimate of drug-likeness (QED) is 0.885. The highest BCUT2D eigenvalue weighted by atomic mass is 32.1. The lowest BCUT2D eigenvalue weighted by Crippen LogP contribution is -2.25. The second-order valence-corrected chi connectivity index (χ2v) is 4.97. The summed E-state index contributed by atoms with van der Waals surface area (Å²) >= 11 is 1.14. The molecule has 1 N–H and O–H groups in total. The van der Waals surface area contributed by atoms with E-state index in [0.717, 1.165) is 35.0 Å². The van der Waals surface area contributed by atoms with Crippen molar-refractivity contribution in [3.05, 3.63) is 40.4 Å². The van der Waals surface area contributed by atoms with Gasteiger partial charge in [0.15, 0.2) is 0 Å². The van der Waals surface area contributed by atoms with Crippen LogP contribution in [0.2, 0.25) is 0 Å². The van der Waals surface area contributed by atoms with Crippen LogP contribution in [0.25, 0.3) is 0 Å². The van der Waals surface area contributed by atoms with E-state index in [2.05, 4.69) is 14.9 Å². The van der Waals surface area contributed by atoms with Crippen molar-refractivity contribution >= 4 is 17.4 Å². The highest BCUT2D eigenvalue weighted by Gasteiger charge is 2.14. The Bertz CT molecular complexity index is 583. The molecule has 2 rings (SSSR count). The summed E-state index contributed by atoms with van der Waals surface area (Å²) in [6.45, 7) is 2.52. The van der Waals surface area contributed by atoms with E-state index < -0.39 is 0 Å². The monoisotopic (exact) mass is 291 g/mol. The molecule has 0 aliphatic rings. The van der Waals surface area contributed by atoms with E-state index in [-0.39, 0.29) is 5.91 Å². The van der Waals surface area contributed by atoms with Gasteiger partial charge in [0.1, 0.15) is 10.6 Å². The van der Waals surface area contributed by atoms with Gasteiger partial charge in [0.2, 0.25) is 0 Å². The lowest BCUT2D eigenvalue weighted by molar-refractivity contribution is 0.0957. The Morgan fingerprint density at radius 1 is 1.40 bits per heavy atom. The van der Waals surface area contributed by atoms with Gasteiger partial charge >= 0.3 is 0 Å². The molecule has 0 saturated carbocycles. The fourth-order valence-electron chi connectivity index (χ4n) is 1.91. The average Bonchev–Trinajstić information content (AvgIpc) is 2.96. The van der Waals surface area contributed by atoms with Gasteiger partial charge in [-0.1, -0.05) is 29.6 Å². The highest BCUT2D eigenvalue weighted by molar-refractivity contribution is 7.08. The number of nitrogens with zero attached hydrogens (tertiary/aromatic N) is 2. The molecule has 0 aliphatic carbocycles. The Morgan fingerprint density at radius 2 is 2.20 bits per heavy atom. The smallest absolute Gasteiger partial charge is 0.264 e. The molecule has 1 heterocycles. The summed E-state index contributed by atoms with van der Waals surface area (Å²) in [7, 11) is 1.65. The average molecular weight is 291 g/mol. The molecular formula is C14H17N3O2S. The number of para-hydroxylation sites is 1. The molecule has 20 heavy (non-hydrogen) atoms. The van der Waals surface area contributed by atoms with Crippen molar-refractivity contribution in [2.24, 2.45) is 0 Å². The maximum Gasteiger partial charge on any atom is 0.264 e. The minimum absolute atomic E-state index is 0.105. The first-order chi connectivity index (χ1) is 9.76. The van der Waals surface area contributed by atoms with E-state index in [1.165, 1.54) is 0 Å². The van der Waals surface area contributed by atoms with E-state index in [1.807, 2.05) is 31.2 Å². The minimum Gasteiger partial charge on any atom is -0.496 e. The van der Waals surface area contributed by atoms with Crippen molar-refractivity contribution in [1.29, 1.82) is 0 Å². The normalized spacial score (nSPS) is 10.3. The zero-order valence-electron chi connectivity index (χ0n) is 11.5. The predicted octanol–water partition coefficient (Wildman–Crippen LogP) is 2.08. The molecule has 0 saturated heterocycles. The summed E-state index contributed by atoms with van der Waals surface area (Å²) in [6, 6.07) is 7.80. The van der Waals surface area contributed by atoms with Gasteiger partial charge in [-0.2, -0.15) is 0 Å². The first kappa shape index (κ1) is 14.5. The number of amides is 1. The van der Waals surface area contributed by atoms with Gasteiger partial charge in [-0.05, 0) is 36.0 Å². The molecular weight excluding hydrogens is 274 g/mol. The fourth-order valence-corrected chi connectivity index (χ4v) is 2.58. The van der Waals surface area contributed by atoms with Crippen molar-refractivity contribution in [3.8, 4) is 5.75 Å². The number of nitrogens with one attached hydrogen (secondary N) is 1. The van der Waals surface area contributed by atoms with E-state index in [0.29, 0.717) is 17.8 Å². The van der Waals surface area contributed by atoms with Crippen molar-refractivity contribution in [3.63, 3.8) is 0 Å². The van der Waals surface area contributed by atoms with Gasteiger partial charge in [-0.15, -0.1) is 5.10 Å². The molecule has 6 heteroatoms. The largest absolute Gasteiger partial charge is 0.496 e. The topological polar surface area (TPSA) is 64.1 Å². The van der Waals surface area contributed by atoms with Crippen LogP contribution in [0.5, 0.6) is 5.75 Å². The van der Waals surface area contributed by atoms with Gasteiger partial charge in [0, 0.05) is 6.54 Å². The Hall–Kier alpha value is -1.95. The SMILES string of the molecule is CCc1nnsc1C(=O)NCCc1ccccc1OC. The standard InChI is InChI=1S/C14H17N3O2S/c1-3-11-13(20-17-16-11)14(18)15-9-8-10-6-4-5-7-12(10)19-2/h4-7H,3,8-9H2,1-2H3,(H,15,18). The molecule has 1 amide bonds. The molecule has 0 bridgehead atoms. The number of benzene rings is 1. The Labute approximate surface area is 122 Å². The number of hydrogen-bond acceptors (Lipinski definition) is 5. The van der Waals surface area contributed by atoms with Gasteiger partial charge in [0.05, 0.1) is 12.8 Å². The fraction of sp³-hybridized carbons (Fsp3) is 0.357. The highest BCUT2D eigenvalue weighted by Crippen LogP contribution is 2.17. The molecule has 0 atom stereocenters.